The van der Waals surface area contributed by atoms with Crippen LogP contribution in [0.25, 0.3) is 0 Å². The van der Waals surface area contributed by atoms with Crippen LogP contribution in [0.2, 0.25) is 0 Å². The molecule has 4 rings (SSSR count). The lowest BCUT2D eigenvalue weighted by molar-refractivity contribution is -0.133. The normalized spacial score (nSPS) is 13.6. The first-order valence-corrected chi connectivity index (χ1v) is 11.8. The number of alkyl halides is 1. The van der Waals surface area contributed by atoms with Crippen molar-refractivity contribution in [3.63, 3.8) is 0 Å². The summed E-state index contributed by atoms with van der Waals surface area (Å²) in [7, 11) is 0. The third-order valence-electron chi connectivity index (χ3n) is 5.97. The largest absolute Gasteiger partial charge is 0.489 e. The average Bonchev–Trinajstić information content (AvgIpc) is 2.91. The Kier molecular flexibility index (Phi) is 8.38. The van der Waals surface area contributed by atoms with Crippen molar-refractivity contribution >= 4 is 11.6 Å². The Morgan fingerprint density at radius 1 is 0.765 bits per heavy atom. The number of aryl methyl sites for hydroxylation is 1. The molecule has 0 N–H and O–H groups in total. The summed E-state index contributed by atoms with van der Waals surface area (Å²) >= 11 is 0. The SMILES string of the molecule is O=C(COc1ccc(CCCF)cc1)N1CCN(c2ccc(OCc3ccccc3)cc2)CC1. The van der Waals surface area contributed by atoms with Gasteiger partial charge in [-0.3, -0.25) is 9.18 Å². The highest BCUT2D eigenvalue weighted by atomic mass is 19.1. The van der Waals surface area contributed by atoms with Crippen molar-refractivity contribution in [1.29, 1.82) is 0 Å². The van der Waals surface area contributed by atoms with Crippen molar-refractivity contribution in [3.05, 3.63) is 90.0 Å². The van der Waals surface area contributed by atoms with E-state index in [4.69, 9.17) is 9.47 Å². The third kappa shape index (κ3) is 6.73. The lowest BCUT2D eigenvalue weighted by atomic mass is 10.1. The molecule has 1 saturated heterocycles. The molecule has 0 bridgehead atoms. The summed E-state index contributed by atoms with van der Waals surface area (Å²) in [6.45, 7) is 3.14. The zero-order valence-electron chi connectivity index (χ0n) is 19.4. The molecule has 34 heavy (non-hydrogen) atoms. The number of piperazine rings is 1. The molecular formula is C28H31FN2O3. The molecule has 5 nitrogen and oxygen atoms in total. The highest BCUT2D eigenvalue weighted by molar-refractivity contribution is 5.78. The smallest absolute Gasteiger partial charge is 0.260 e. The molecule has 0 saturated carbocycles. The molecule has 0 aromatic heterocycles. The molecule has 1 fully saturated rings. The van der Waals surface area contributed by atoms with Crippen molar-refractivity contribution in [2.75, 3.05) is 44.4 Å². The van der Waals surface area contributed by atoms with Gasteiger partial charge in [0.15, 0.2) is 6.61 Å². The molecule has 0 radical (unpaired) electrons. The molecule has 0 spiro atoms. The van der Waals surface area contributed by atoms with Crippen LogP contribution in [0.4, 0.5) is 10.1 Å². The van der Waals surface area contributed by atoms with Crippen LogP contribution in [0.3, 0.4) is 0 Å². The van der Waals surface area contributed by atoms with E-state index in [1.807, 2.05) is 71.6 Å². The minimum Gasteiger partial charge on any atom is -0.489 e. The molecule has 1 heterocycles. The summed E-state index contributed by atoms with van der Waals surface area (Å²) in [6.07, 6.45) is 1.24. The molecule has 3 aromatic rings. The van der Waals surface area contributed by atoms with E-state index >= 15 is 0 Å². The van der Waals surface area contributed by atoms with E-state index in [0.717, 1.165) is 35.7 Å². The van der Waals surface area contributed by atoms with Crippen LogP contribution >= 0.6 is 0 Å². The van der Waals surface area contributed by atoms with Crippen LogP contribution in [0.5, 0.6) is 11.5 Å². The van der Waals surface area contributed by atoms with E-state index < -0.39 is 0 Å². The first-order valence-electron chi connectivity index (χ1n) is 11.8. The maximum atomic E-state index is 12.6. The standard InChI is InChI=1S/C28H31FN2O3/c29-16-4-7-23-8-12-26(13-9-23)34-22-28(32)31-19-17-30(18-20-31)25-10-14-27(15-11-25)33-21-24-5-2-1-3-6-24/h1-3,5-6,8-15H,4,7,16-22H2. The minimum absolute atomic E-state index is 0.00850. The molecule has 6 heteroatoms. The summed E-state index contributed by atoms with van der Waals surface area (Å²) in [5.74, 6) is 1.49. The molecule has 0 unspecified atom stereocenters. The maximum Gasteiger partial charge on any atom is 0.260 e. The molecule has 1 amide bonds. The number of hydrogen-bond donors (Lipinski definition) is 0. The number of carbonyl (C=O) groups is 1. The molecule has 0 aliphatic carbocycles. The Bertz CT molecular complexity index is 1020. The molecule has 3 aromatic carbocycles. The number of hydrogen-bond acceptors (Lipinski definition) is 4. The number of carbonyl (C=O) groups excluding carboxylic acids is 1. The summed E-state index contributed by atoms with van der Waals surface area (Å²) in [5.41, 5.74) is 3.34. The van der Waals surface area contributed by atoms with E-state index in [-0.39, 0.29) is 19.2 Å². The topological polar surface area (TPSA) is 42.0 Å². The van der Waals surface area contributed by atoms with Gasteiger partial charge in [-0.25, -0.2) is 0 Å². The fourth-order valence-corrected chi connectivity index (χ4v) is 3.97. The Morgan fingerprint density at radius 3 is 2.09 bits per heavy atom. The van der Waals surface area contributed by atoms with E-state index in [1.54, 1.807) is 0 Å². The predicted octanol–water partition coefficient (Wildman–Crippen LogP) is 4.90. The van der Waals surface area contributed by atoms with E-state index in [9.17, 15) is 9.18 Å². The minimum atomic E-state index is -0.311. The molecular weight excluding hydrogens is 431 g/mol. The number of ether oxygens (including phenoxy) is 2. The highest BCUT2D eigenvalue weighted by Gasteiger charge is 2.21. The van der Waals surface area contributed by atoms with Gasteiger partial charge in [-0.1, -0.05) is 42.5 Å². The van der Waals surface area contributed by atoms with Crippen LogP contribution in [-0.4, -0.2) is 50.3 Å². The fourth-order valence-electron chi connectivity index (χ4n) is 3.97. The van der Waals surface area contributed by atoms with Crippen LogP contribution in [0, 0.1) is 0 Å². The number of benzene rings is 3. The Morgan fingerprint density at radius 2 is 1.41 bits per heavy atom. The maximum absolute atomic E-state index is 12.6. The van der Waals surface area contributed by atoms with Gasteiger partial charge in [-0.05, 0) is 60.4 Å². The second kappa shape index (κ2) is 12.1. The van der Waals surface area contributed by atoms with Gasteiger partial charge in [0, 0.05) is 31.9 Å². The van der Waals surface area contributed by atoms with Crippen molar-refractivity contribution < 1.29 is 18.7 Å². The zero-order chi connectivity index (χ0) is 23.6. The second-order valence-corrected chi connectivity index (χ2v) is 8.36. The molecule has 0 atom stereocenters. The van der Waals surface area contributed by atoms with Crippen molar-refractivity contribution in [3.8, 4) is 11.5 Å². The Labute approximate surface area is 200 Å². The average molecular weight is 463 g/mol. The van der Waals surface area contributed by atoms with Crippen molar-refractivity contribution in [1.82, 2.24) is 4.90 Å². The monoisotopic (exact) mass is 462 g/mol. The van der Waals surface area contributed by atoms with Gasteiger partial charge in [0.1, 0.15) is 18.1 Å². The highest BCUT2D eigenvalue weighted by Crippen LogP contribution is 2.22. The third-order valence-corrected chi connectivity index (χ3v) is 5.97. The van der Waals surface area contributed by atoms with Gasteiger partial charge in [-0.2, -0.15) is 0 Å². The van der Waals surface area contributed by atoms with Crippen LogP contribution in [-0.2, 0) is 17.8 Å². The van der Waals surface area contributed by atoms with Gasteiger partial charge in [0.05, 0.1) is 6.67 Å². The second-order valence-electron chi connectivity index (χ2n) is 8.36. The number of halogens is 1. The first kappa shape index (κ1) is 23.6. The Balaban J connectivity index is 1.19. The predicted molar refractivity (Wildman–Crippen MR) is 132 cm³/mol. The van der Waals surface area contributed by atoms with E-state index in [1.165, 1.54) is 0 Å². The summed E-state index contributed by atoms with van der Waals surface area (Å²) < 4.78 is 23.8. The van der Waals surface area contributed by atoms with Gasteiger partial charge in [-0.15, -0.1) is 0 Å². The first-order chi connectivity index (χ1) is 16.7. The molecule has 1 aliphatic rings. The lowest BCUT2D eigenvalue weighted by Gasteiger charge is -2.36. The Hall–Kier alpha value is -3.54. The number of rotatable bonds is 10. The zero-order valence-corrected chi connectivity index (χ0v) is 19.4. The summed E-state index contributed by atoms with van der Waals surface area (Å²) in [6, 6.07) is 25.8. The van der Waals surface area contributed by atoms with Crippen LogP contribution in [0.15, 0.2) is 78.9 Å². The van der Waals surface area contributed by atoms with Crippen molar-refractivity contribution in [2.45, 2.75) is 19.4 Å². The fraction of sp³-hybridized carbons (Fsp3) is 0.321. The van der Waals surface area contributed by atoms with Crippen LogP contribution in [0.1, 0.15) is 17.5 Å². The van der Waals surface area contributed by atoms with E-state index in [0.29, 0.717) is 38.3 Å². The lowest BCUT2D eigenvalue weighted by Crippen LogP contribution is -2.50. The van der Waals surface area contributed by atoms with Crippen LogP contribution < -0.4 is 14.4 Å². The van der Waals surface area contributed by atoms with Gasteiger partial charge in [0.2, 0.25) is 0 Å². The van der Waals surface area contributed by atoms with E-state index in [2.05, 4.69) is 17.0 Å². The summed E-state index contributed by atoms with van der Waals surface area (Å²) in [4.78, 5) is 16.7. The van der Waals surface area contributed by atoms with Gasteiger partial charge in [0.25, 0.3) is 5.91 Å². The number of nitrogens with zero attached hydrogens (tertiary/aromatic N) is 2. The van der Waals surface area contributed by atoms with Gasteiger partial charge < -0.3 is 19.3 Å². The number of amides is 1. The van der Waals surface area contributed by atoms with Crippen molar-refractivity contribution in [2.24, 2.45) is 0 Å². The molecule has 178 valence electrons. The quantitative estimate of drug-likeness (QED) is 0.430. The number of anilines is 1. The molecule has 1 aliphatic heterocycles. The van der Waals surface area contributed by atoms with Gasteiger partial charge >= 0.3 is 0 Å². The summed E-state index contributed by atoms with van der Waals surface area (Å²) in [5, 5.41) is 0.